The SMILES string of the molecule is COC(=O)CC1CCC2(C)OC(=O)CC12C. The summed E-state index contributed by atoms with van der Waals surface area (Å²) < 4.78 is 10.1. The summed E-state index contributed by atoms with van der Waals surface area (Å²) in [6.45, 7) is 4.04. The van der Waals surface area contributed by atoms with Gasteiger partial charge in [0.1, 0.15) is 5.60 Å². The maximum atomic E-state index is 11.4. The Bertz CT molecular complexity index is 338. The standard InChI is InChI=1S/C12H18O4/c1-11-7-10(14)16-12(11,2)5-4-8(11)6-9(13)15-3/h8H,4-7H2,1-3H3. The molecule has 1 saturated carbocycles. The molecule has 3 unspecified atom stereocenters. The van der Waals surface area contributed by atoms with Gasteiger partial charge < -0.3 is 9.47 Å². The van der Waals surface area contributed by atoms with E-state index in [0.29, 0.717) is 12.8 Å². The maximum absolute atomic E-state index is 11.4. The molecule has 2 aliphatic rings. The summed E-state index contributed by atoms with van der Waals surface area (Å²) in [5.74, 6) is -0.147. The summed E-state index contributed by atoms with van der Waals surface area (Å²) in [5, 5.41) is 0. The number of carbonyl (C=O) groups is 2. The molecule has 1 aliphatic carbocycles. The van der Waals surface area contributed by atoms with Crippen molar-refractivity contribution in [2.24, 2.45) is 11.3 Å². The van der Waals surface area contributed by atoms with Crippen LogP contribution >= 0.6 is 0 Å². The van der Waals surface area contributed by atoms with Crippen LogP contribution < -0.4 is 0 Å². The number of hydrogen-bond acceptors (Lipinski definition) is 4. The fourth-order valence-corrected chi connectivity index (χ4v) is 3.18. The minimum absolute atomic E-state index is 0.139. The van der Waals surface area contributed by atoms with E-state index < -0.39 is 0 Å². The molecule has 4 heteroatoms. The molecule has 3 atom stereocenters. The van der Waals surface area contributed by atoms with Crippen LogP contribution in [0.2, 0.25) is 0 Å². The zero-order valence-electron chi connectivity index (χ0n) is 10.0. The zero-order valence-corrected chi connectivity index (χ0v) is 10.0. The molecule has 0 radical (unpaired) electrons. The lowest BCUT2D eigenvalue weighted by Gasteiger charge is -2.35. The van der Waals surface area contributed by atoms with Crippen LogP contribution in [-0.2, 0) is 19.1 Å². The van der Waals surface area contributed by atoms with Crippen molar-refractivity contribution < 1.29 is 19.1 Å². The van der Waals surface area contributed by atoms with E-state index in [2.05, 4.69) is 6.92 Å². The molecule has 0 aromatic carbocycles. The largest absolute Gasteiger partial charge is 0.469 e. The van der Waals surface area contributed by atoms with Crippen molar-refractivity contribution >= 4 is 11.9 Å². The molecule has 0 spiro atoms. The van der Waals surface area contributed by atoms with E-state index >= 15 is 0 Å². The van der Waals surface area contributed by atoms with Crippen molar-refractivity contribution in [3.05, 3.63) is 0 Å². The van der Waals surface area contributed by atoms with Gasteiger partial charge in [-0.15, -0.1) is 0 Å². The molecule has 0 amide bonds. The Kier molecular flexibility index (Phi) is 2.48. The molecule has 4 nitrogen and oxygen atoms in total. The number of hydrogen-bond donors (Lipinski definition) is 0. The van der Waals surface area contributed by atoms with Crippen molar-refractivity contribution in [1.29, 1.82) is 0 Å². The van der Waals surface area contributed by atoms with E-state index in [0.717, 1.165) is 12.8 Å². The second-order valence-electron chi connectivity index (χ2n) is 5.32. The summed E-state index contributed by atoms with van der Waals surface area (Å²) in [5.41, 5.74) is -0.596. The van der Waals surface area contributed by atoms with Gasteiger partial charge in [-0.25, -0.2) is 0 Å². The van der Waals surface area contributed by atoms with Crippen molar-refractivity contribution in [1.82, 2.24) is 0 Å². The highest BCUT2D eigenvalue weighted by Gasteiger charge is 2.62. The topological polar surface area (TPSA) is 52.6 Å². The maximum Gasteiger partial charge on any atom is 0.307 e. The van der Waals surface area contributed by atoms with Crippen LogP contribution in [0.3, 0.4) is 0 Å². The first-order valence-corrected chi connectivity index (χ1v) is 5.70. The third-order valence-corrected chi connectivity index (χ3v) is 4.57. The first kappa shape index (κ1) is 11.4. The quantitative estimate of drug-likeness (QED) is 0.672. The second kappa shape index (κ2) is 3.47. The van der Waals surface area contributed by atoms with Gasteiger partial charge in [0.25, 0.3) is 0 Å². The van der Waals surface area contributed by atoms with Gasteiger partial charge in [-0.2, -0.15) is 0 Å². The fraction of sp³-hybridized carbons (Fsp3) is 0.833. The van der Waals surface area contributed by atoms with Crippen LogP contribution in [0.25, 0.3) is 0 Å². The Labute approximate surface area is 95.3 Å². The highest BCUT2D eigenvalue weighted by atomic mass is 16.6. The lowest BCUT2D eigenvalue weighted by Crippen LogP contribution is -2.39. The summed E-state index contributed by atoms with van der Waals surface area (Å²) in [7, 11) is 1.40. The van der Waals surface area contributed by atoms with Crippen LogP contribution in [0.4, 0.5) is 0 Å². The van der Waals surface area contributed by atoms with Crippen molar-refractivity contribution in [2.75, 3.05) is 7.11 Å². The normalized spacial score (nSPS) is 41.7. The van der Waals surface area contributed by atoms with Gasteiger partial charge in [0.2, 0.25) is 0 Å². The molecule has 1 saturated heterocycles. The third kappa shape index (κ3) is 1.43. The number of esters is 2. The van der Waals surface area contributed by atoms with E-state index in [1.807, 2.05) is 6.92 Å². The number of rotatable bonds is 2. The molecule has 16 heavy (non-hydrogen) atoms. The molecule has 2 fully saturated rings. The van der Waals surface area contributed by atoms with Gasteiger partial charge in [-0.3, -0.25) is 9.59 Å². The van der Waals surface area contributed by atoms with E-state index in [4.69, 9.17) is 9.47 Å². The van der Waals surface area contributed by atoms with Crippen LogP contribution in [0.1, 0.15) is 39.5 Å². The Morgan fingerprint density at radius 3 is 2.88 bits per heavy atom. The predicted octanol–water partition coefficient (Wildman–Crippen LogP) is 1.67. The van der Waals surface area contributed by atoms with Gasteiger partial charge >= 0.3 is 11.9 Å². The summed E-state index contributed by atoms with van der Waals surface area (Å²) in [6, 6.07) is 0. The molecule has 2 rings (SSSR count). The van der Waals surface area contributed by atoms with Gasteiger partial charge in [0.05, 0.1) is 13.5 Å². The first-order chi connectivity index (χ1) is 7.41. The molecule has 1 aliphatic heterocycles. The Balaban J connectivity index is 2.19. The van der Waals surface area contributed by atoms with Crippen molar-refractivity contribution in [2.45, 2.75) is 45.1 Å². The van der Waals surface area contributed by atoms with E-state index in [9.17, 15) is 9.59 Å². The summed E-state index contributed by atoms with van der Waals surface area (Å²) >= 11 is 0. The highest BCUT2D eigenvalue weighted by molar-refractivity contribution is 5.75. The lowest BCUT2D eigenvalue weighted by molar-refractivity contribution is -0.148. The highest BCUT2D eigenvalue weighted by Crippen LogP contribution is 2.59. The molecule has 90 valence electrons. The number of ether oxygens (including phenoxy) is 2. The average Bonchev–Trinajstić information content (AvgIpc) is 2.55. The zero-order chi connectivity index (χ0) is 12.0. The monoisotopic (exact) mass is 226 g/mol. The fourth-order valence-electron chi connectivity index (χ4n) is 3.18. The molecule has 0 N–H and O–H groups in total. The predicted molar refractivity (Wildman–Crippen MR) is 56.6 cm³/mol. The lowest BCUT2D eigenvalue weighted by atomic mass is 9.70. The molecule has 0 aromatic rings. The van der Waals surface area contributed by atoms with Gasteiger partial charge in [-0.1, -0.05) is 6.92 Å². The summed E-state index contributed by atoms with van der Waals surface area (Å²) in [6.07, 6.45) is 2.58. The summed E-state index contributed by atoms with van der Waals surface area (Å²) in [4.78, 5) is 22.8. The molecular formula is C12H18O4. The Morgan fingerprint density at radius 1 is 1.56 bits per heavy atom. The Morgan fingerprint density at radius 2 is 2.25 bits per heavy atom. The Hall–Kier alpha value is -1.06. The van der Waals surface area contributed by atoms with Gasteiger partial charge in [0, 0.05) is 11.8 Å². The molecule has 1 heterocycles. The van der Waals surface area contributed by atoms with Gasteiger partial charge in [0.15, 0.2) is 0 Å². The van der Waals surface area contributed by atoms with E-state index in [1.165, 1.54) is 7.11 Å². The first-order valence-electron chi connectivity index (χ1n) is 5.70. The van der Waals surface area contributed by atoms with E-state index in [1.54, 1.807) is 0 Å². The minimum atomic E-state index is -0.386. The van der Waals surface area contributed by atoms with Crippen LogP contribution in [0.15, 0.2) is 0 Å². The van der Waals surface area contributed by atoms with Crippen LogP contribution in [0, 0.1) is 11.3 Å². The minimum Gasteiger partial charge on any atom is -0.469 e. The number of carbonyl (C=O) groups excluding carboxylic acids is 2. The molecule has 0 aromatic heterocycles. The number of fused-ring (bicyclic) bond motifs is 1. The van der Waals surface area contributed by atoms with Crippen molar-refractivity contribution in [3.63, 3.8) is 0 Å². The molecular weight excluding hydrogens is 208 g/mol. The average molecular weight is 226 g/mol. The smallest absolute Gasteiger partial charge is 0.307 e. The van der Waals surface area contributed by atoms with Crippen molar-refractivity contribution in [3.8, 4) is 0 Å². The molecule has 0 bridgehead atoms. The second-order valence-corrected chi connectivity index (χ2v) is 5.32. The number of methoxy groups -OCH3 is 1. The van der Waals surface area contributed by atoms with Gasteiger partial charge in [-0.05, 0) is 25.7 Å². The van der Waals surface area contributed by atoms with E-state index in [-0.39, 0.29) is 28.9 Å². The van der Waals surface area contributed by atoms with Crippen LogP contribution in [-0.4, -0.2) is 24.6 Å². The third-order valence-electron chi connectivity index (χ3n) is 4.57. The van der Waals surface area contributed by atoms with Crippen LogP contribution in [0.5, 0.6) is 0 Å².